The van der Waals surface area contributed by atoms with E-state index in [9.17, 15) is 9.59 Å². The molecule has 2 heterocycles. The minimum Gasteiger partial charge on any atom is -0.349 e. The first-order chi connectivity index (χ1) is 9.47. The molecule has 1 aliphatic rings. The topological polar surface area (TPSA) is 62.3 Å². The van der Waals surface area contributed by atoms with Crippen LogP contribution in [-0.4, -0.2) is 40.8 Å². The minimum atomic E-state index is -0.231. The number of hydrogen-bond acceptors (Lipinski definition) is 3. The number of hydrogen-bond donors (Lipinski definition) is 1. The largest absolute Gasteiger partial charge is 0.349 e. The summed E-state index contributed by atoms with van der Waals surface area (Å²) in [6, 6.07) is 1.71. The third-order valence-corrected chi connectivity index (χ3v) is 4.06. The average Bonchev–Trinajstić information content (AvgIpc) is 2.42. The van der Waals surface area contributed by atoms with E-state index < -0.39 is 0 Å². The lowest BCUT2D eigenvalue weighted by molar-refractivity contribution is -0.129. The third kappa shape index (κ3) is 3.70. The van der Waals surface area contributed by atoms with Crippen molar-refractivity contribution < 1.29 is 9.59 Å². The molecule has 20 heavy (non-hydrogen) atoms. The molecule has 1 N–H and O–H groups in total. The Morgan fingerprint density at radius 2 is 2.10 bits per heavy atom. The summed E-state index contributed by atoms with van der Waals surface area (Å²) in [4.78, 5) is 29.1. The van der Waals surface area contributed by atoms with Crippen LogP contribution in [0.3, 0.4) is 0 Å². The van der Waals surface area contributed by atoms with E-state index in [2.05, 4.69) is 26.2 Å². The molecule has 108 valence electrons. The van der Waals surface area contributed by atoms with Gasteiger partial charge in [0.05, 0.1) is 5.56 Å². The molecule has 2 amide bonds. The Balaban J connectivity index is 1.96. The van der Waals surface area contributed by atoms with Crippen LogP contribution in [0.1, 0.15) is 30.1 Å². The molecule has 0 atom stereocenters. The van der Waals surface area contributed by atoms with Crippen molar-refractivity contribution in [1.29, 1.82) is 0 Å². The molecule has 0 saturated carbocycles. The van der Waals surface area contributed by atoms with Crippen LogP contribution in [0.25, 0.3) is 0 Å². The molecule has 1 saturated heterocycles. The van der Waals surface area contributed by atoms with E-state index >= 15 is 0 Å². The minimum absolute atomic E-state index is 0.0631. The normalized spacial score (nSPS) is 16.1. The van der Waals surface area contributed by atoms with Crippen molar-refractivity contribution in [3.63, 3.8) is 0 Å². The third-order valence-electron chi connectivity index (χ3n) is 3.33. The first-order valence-corrected chi connectivity index (χ1v) is 7.52. The number of likely N-dealkylation sites (tertiary alicyclic amines) is 1. The van der Waals surface area contributed by atoms with Gasteiger partial charge in [-0.05, 0) is 34.8 Å². The molecule has 0 unspecified atom stereocenters. The molecule has 7 heteroatoms. The number of amides is 2. The monoisotopic (exact) mass is 359 g/mol. The van der Waals surface area contributed by atoms with Gasteiger partial charge in [0.15, 0.2) is 0 Å². The summed E-state index contributed by atoms with van der Waals surface area (Å²) >= 11 is 9.20. The number of nitrogens with one attached hydrogen (secondary N) is 1. The maximum absolute atomic E-state index is 12.2. The second kappa shape index (κ2) is 6.54. The zero-order valence-corrected chi connectivity index (χ0v) is 13.4. The van der Waals surface area contributed by atoms with Crippen LogP contribution in [0.4, 0.5) is 0 Å². The number of halogens is 2. The van der Waals surface area contributed by atoms with Gasteiger partial charge < -0.3 is 10.2 Å². The maximum Gasteiger partial charge on any atom is 0.254 e. The van der Waals surface area contributed by atoms with Crippen molar-refractivity contribution in [2.24, 2.45) is 0 Å². The summed E-state index contributed by atoms with van der Waals surface area (Å²) in [7, 11) is 0. The highest BCUT2D eigenvalue weighted by Gasteiger charge is 2.23. The Hall–Kier alpha value is -1.14. The molecule has 0 bridgehead atoms. The van der Waals surface area contributed by atoms with Gasteiger partial charge >= 0.3 is 0 Å². The van der Waals surface area contributed by atoms with E-state index in [4.69, 9.17) is 11.6 Å². The fourth-order valence-corrected chi connectivity index (χ4v) is 2.70. The zero-order chi connectivity index (χ0) is 14.7. The van der Waals surface area contributed by atoms with E-state index in [1.54, 1.807) is 24.1 Å². The van der Waals surface area contributed by atoms with Crippen molar-refractivity contribution in [2.75, 3.05) is 13.1 Å². The molecule has 2 rings (SSSR count). The van der Waals surface area contributed by atoms with E-state index in [1.165, 1.54) is 0 Å². The van der Waals surface area contributed by atoms with Crippen molar-refractivity contribution in [3.8, 4) is 0 Å². The molecule has 1 aromatic rings. The molecule has 0 aliphatic carbocycles. The van der Waals surface area contributed by atoms with Gasteiger partial charge in [-0.1, -0.05) is 11.6 Å². The van der Waals surface area contributed by atoms with Crippen LogP contribution in [0.5, 0.6) is 0 Å². The van der Waals surface area contributed by atoms with Crippen LogP contribution < -0.4 is 5.32 Å². The highest BCUT2D eigenvalue weighted by Crippen LogP contribution is 2.19. The number of carbonyl (C=O) groups is 2. The van der Waals surface area contributed by atoms with Crippen LogP contribution in [0.2, 0.25) is 5.15 Å². The lowest BCUT2D eigenvalue weighted by Gasteiger charge is -2.31. The molecular formula is C13H15BrClN3O2. The van der Waals surface area contributed by atoms with E-state index in [0.717, 1.165) is 12.8 Å². The van der Waals surface area contributed by atoms with E-state index in [1.807, 2.05) is 0 Å². The second-order valence-corrected chi connectivity index (χ2v) is 6.02. The maximum atomic E-state index is 12.2. The Morgan fingerprint density at radius 1 is 1.45 bits per heavy atom. The Morgan fingerprint density at radius 3 is 2.70 bits per heavy atom. The molecule has 0 radical (unpaired) electrons. The smallest absolute Gasteiger partial charge is 0.254 e. The number of nitrogens with zero attached hydrogens (tertiary/aromatic N) is 2. The Bertz CT molecular complexity index is 530. The molecule has 1 aliphatic heterocycles. The predicted octanol–water partition coefficient (Wildman–Crippen LogP) is 2.24. The summed E-state index contributed by atoms with van der Waals surface area (Å²) in [6.45, 7) is 2.90. The summed E-state index contributed by atoms with van der Waals surface area (Å²) in [6.07, 6.45) is 3.05. The fourth-order valence-electron chi connectivity index (χ4n) is 2.18. The highest BCUT2D eigenvalue weighted by molar-refractivity contribution is 9.10. The number of carbonyl (C=O) groups excluding carboxylic acids is 2. The fraction of sp³-hybridized carbons (Fsp3) is 0.462. The number of piperidine rings is 1. The Kier molecular flexibility index (Phi) is 4.99. The predicted molar refractivity (Wildman–Crippen MR) is 79.7 cm³/mol. The van der Waals surface area contributed by atoms with Gasteiger partial charge in [0.25, 0.3) is 5.91 Å². The Labute approximate surface area is 130 Å². The van der Waals surface area contributed by atoms with Gasteiger partial charge in [-0.15, -0.1) is 0 Å². The van der Waals surface area contributed by atoms with Gasteiger partial charge in [0.2, 0.25) is 5.91 Å². The molecule has 1 aromatic heterocycles. The number of aromatic nitrogens is 1. The van der Waals surface area contributed by atoms with Crippen LogP contribution in [-0.2, 0) is 4.79 Å². The van der Waals surface area contributed by atoms with Gasteiger partial charge in [0.1, 0.15) is 5.15 Å². The van der Waals surface area contributed by atoms with Crippen molar-refractivity contribution in [3.05, 3.63) is 27.5 Å². The van der Waals surface area contributed by atoms with Crippen LogP contribution in [0, 0.1) is 0 Å². The van der Waals surface area contributed by atoms with Gasteiger partial charge in [0, 0.05) is 36.7 Å². The number of rotatable bonds is 2. The summed E-state index contributed by atoms with van der Waals surface area (Å²) in [5, 5.41) is 3.13. The number of pyridine rings is 1. The second-order valence-electron chi connectivity index (χ2n) is 4.75. The van der Waals surface area contributed by atoms with Gasteiger partial charge in [-0.2, -0.15) is 0 Å². The molecular weight excluding hydrogens is 346 g/mol. The SMILES string of the molecule is CC(=O)N1CCC(NC(=O)c2cc(Br)cnc2Cl)CC1. The van der Waals surface area contributed by atoms with E-state index in [0.29, 0.717) is 23.1 Å². The molecule has 0 spiro atoms. The van der Waals surface area contributed by atoms with E-state index in [-0.39, 0.29) is 23.0 Å². The molecule has 5 nitrogen and oxygen atoms in total. The summed E-state index contributed by atoms with van der Waals surface area (Å²) < 4.78 is 0.707. The quantitative estimate of drug-likeness (QED) is 0.823. The van der Waals surface area contributed by atoms with Crippen LogP contribution >= 0.6 is 27.5 Å². The van der Waals surface area contributed by atoms with Gasteiger partial charge in [-0.25, -0.2) is 4.98 Å². The zero-order valence-electron chi connectivity index (χ0n) is 11.0. The first kappa shape index (κ1) is 15.3. The van der Waals surface area contributed by atoms with Crippen molar-refractivity contribution in [2.45, 2.75) is 25.8 Å². The van der Waals surface area contributed by atoms with Crippen molar-refractivity contribution in [1.82, 2.24) is 15.2 Å². The summed E-state index contributed by atoms with van der Waals surface area (Å²) in [5.41, 5.74) is 0.357. The lowest BCUT2D eigenvalue weighted by Crippen LogP contribution is -2.46. The lowest BCUT2D eigenvalue weighted by atomic mass is 10.0. The standard InChI is InChI=1S/C13H15BrClN3O2/c1-8(19)18-4-2-10(3-5-18)17-13(20)11-6-9(14)7-16-12(11)15/h6-7,10H,2-5H2,1H3,(H,17,20). The molecule has 1 fully saturated rings. The summed E-state index contributed by atoms with van der Waals surface area (Å²) in [5.74, 6) is -0.154. The van der Waals surface area contributed by atoms with Crippen molar-refractivity contribution >= 4 is 39.3 Å². The van der Waals surface area contributed by atoms with Crippen LogP contribution in [0.15, 0.2) is 16.7 Å². The molecule has 0 aromatic carbocycles. The van der Waals surface area contributed by atoms with Gasteiger partial charge in [-0.3, -0.25) is 9.59 Å². The highest BCUT2D eigenvalue weighted by atomic mass is 79.9. The first-order valence-electron chi connectivity index (χ1n) is 6.35. The average molecular weight is 361 g/mol.